The molecule has 0 saturated heterocycles. The first-order valence-electron chi connectivity index (χ1n) is 3.76. The molecule has 0 radical (unpaired) electrons. The third-order valence-electron chi connectivity index (χ3n) is 1.89. The van der Waals surface area contributed by atoms with Gasteiger partial charge < -0.3 is 0 Å². The first kappa shape index (κ1) is 8.02. The van der Waals surface area contributed by atoms with Gasteiger partial charge in [0.2, 0.25) is 0 Å². The maximum absolute atomic E-state index is 10.8. The van der Waals surface area contributed by atoms with E-state index in [2.05, 4.69) is 12.2 Å². The Hall–Kier alpha value is -0.600. The van der Waals surface area contributed by atoms with Gasteiger partial charge in [0.25, 0.3) is 5.24 Å². The Morgan fingerprint density at radius 3 is 3.08 bits per heavy atom. The number of fused-ring (bicyclic) bond motifs is 1. The standard InChI is InChI=1S/C9H7ClOS/c10-9(11)8-5-6-3-1-2-4-7(6)12-8/h2,4-5H,1,3H2. The van der Waals surface area contributed by atoms with Crippen molar-refractivity contribution >= 4 is 34.3 Å². The van der Waals surface area contributed by atoms with E-state index in [1.807, 2.05) is 6.07 Å². The Morgan fingerprint density at radius 2 is 2.42 bits per heavy atom. The van der Waals surface area contributed by atoms with Crippen LogP contribution in [0.25, 0.3) is 6.08 Å². The van der Waals surface area contributed by atoms with Crippen LogP contribution >= 0.6 is 22.9 Å². The third kappa shape index (κ3) is 1.32. The van der Waals surface area contributed by atoms with E-state index in [1.54, 1.807) is 0 Å². The lowest BCUT2D eigenvalue weighted by Gasteiger charge is -2.01. The average molecular weight is 199 g/mol. The highest BCUT2D eigenvalue weighted by molar-refractivity contribution is 7.16. The molecular weight excluding hydrogens is 192 g/mol. The number of aryl methyl sites for hydroxylation is 1. The molecule has 1 aliphatic rings. The molecule has 0 N–H and O–H groups in total. The van der Waals surface area contributed by atoms with Gasteiger partial charge in [0.05, 0.1) is 4.88 Å². The summed E-state index contributed by atoms with van der Waals surface area (Å²) in [5.41, 5.74) is 1.26. The van der Waals surface area contributed by atoms with Crippen LogP contribution in [0.1, 0.15) is 26.5 Å². The van der Waals surface area contributed by atoms with Gasteiger partial charge in [-0.15, -0.1) is 11.3 Å². The first-order valence-corrected chi connectivity index (χ1v) is 4.96. The predicted octanol–water partition coefficient (Wildman–Crippen LogP) is 3.09. The smallest absolute Gasteiger partial charge is 0.262 e. The van der Waals surface area contributed by atoms with Crippen molar-refractivity contribution < 1.29 is 4.79 Å². The normalized spacial score (nSPS) is 14.4. The summed E-state index contributed by atoms with van der Waals surface area (Å²) in [6.45, 7) is 0. The number of hydrogen-bond acceptors (Lipinski definition) is 2. The van der Waals surface area contributed by atoms with Crippen LogP contribution in [-0.2, 0) is 6.42 Å². The number of allylic oxidation sites excluding steroid dienone is 1. The zero-order valence-electron chi connectivity index (χ0n) is 6.34. The number of thiophene rings is 1. The summed E-state index contributed by atoms with van der Waals surface area (Å²) in [5.74, 6) is 0. The molecule has 0 amide bonds. The molecule has 1 heterocycles. The van der Waals surface area contributed by atoms with E-state index in [9.17, 15) is 4.79 Å². The highest BCUT2D eigenvalue weighted by Crippen LogP contribution is 2.29. The Kier molecular flexibility index (Phi) is 2.03. The van der Waals surface area contributed by atoms with Gasteiger partial charge in [-0.05, 0) is 42.1 Å². The second-order valence-corrected chi connectivity index (χ2v) is 4.14. The fraction of sp³-hybridized carbons (Fsp3) is 0.222. The summed E-state index contributed by atoms with van der Waals surface area (Å²) in [7, 11) is 0. The topological polar surface area (TPSA) is 17.1 Å². The summed E-state index contributed by atoms with van der Waals surface area (Å²) in [6, 6.07) is 1.90. The molecule has 12 heavy (non-hydrogen) atoms. The molecule has 1 aliphatic carbocycles. The fourth-order valence-electron chi connectivity index (χ4n) is 1.31. The third-order valence-corrected chi connectivity index (χ3v) is 3.34. The maximum atomic E-state index is 10.8. The van der Waals surface area contributed by atoms with Crippen molar-refractivity contribution in [2.24, 2.45) is 0 Å². The monoisotopic (exact) mass is 198 g/mol. The van der Waals surface area contributed by atoms with E-state index in [4.69, 9.17) is 11.6 Å². The molecule has 0 unspecified atom stereocenters. The number of rotatable bonds is 1. The molecule has 3 heteroatoms. The van der Waals surface area contributed by atoms with E-state index in [-0.39, 0.29) is 5.24 Å². The van der Waals surface area contributed by atoms with Crippen LogP contribution in [0.15, 0.2) is 12.1 Å². The van der Waals surface area contributed by atoms with E-state index < -0.39 is 0 Å². The van der Waals surface area contributed by atoms with Gasteiger partial charge >= 0.3 is 0 Å². The Labute approximate surface area is 79.7 Å². The van der Waals surface area contributed by atoms with E-state index in [1.165, 1.54) is 21.8 Å². The molecule has 62 valence electrons. The van der Waals surface area contributed by atoms with Crippen LogP contribution in [0.4, 0.5) is 0 Å². The minimum absolute atomic E-state index is 0.345. The van der Waals surface area contributed by atoms with Crippen molar-refractivity contribution in [1.82, 2.24) is 0 Å². The summed E-state index contributed by atoms with van der Waals surface area (Å²) in [6.07, 6.45) is 6.29. The molecule has 1 aromatic rings. The minimum atomic E-state index is -0.345. The van der Waals surface area contributed by atoms with Crippen molar-refractivity contribution in [3.05, 3.63) is 27.5 Å². The van der Waals surface area contributed by atoms with Crippen molar-refractivity contribution in [2.45, 2.75) is 12.8 Å². The molecule has 2 rings (SSSR count). The molecule has 0 bridgehead atoms. The van der Waals surface area contributed by atoms with Crippen LogP contribution in [-0.4, -0.2) is 5.24 Å². The number of hydrogen-bond donors (Lipinski definition) is 0. The van der Waals surface area contributed by atoms with Gasteiger partial charge in [0, 0.05) is 4.88 Å². The van der Waals surface area contributed by atoms with Crippen LogP contribution in [0.5, 0.6) is 0 Å². The zero-order valence-corrected chi connectivity index (χ0v) is 7.91. The van der Waals surface area contributed by atoms with Gasteiger partial charge in [-0.25, -0.2) is 0 Å². The molecule has 0 aliphatic heterocycles. The summed E-state index contributed by atoms with van der Waals surface area (Å²) < 4.78 is 0. The molecule has 1 nitrogen and oxygen atoms in total. The van der Waals surface area contributed by atoms with Crippen molar-refractivity contribution in [2.75, 3.05) is 0 Å². The van der Waals surface area contributed by atoms with Crippen LogP contribution in [0, 0.1) is 0 Å². The van der Waals surface area contributed by atoms with Crippen molar-refractivity contribution in [3.63, 3.8) is 0 Å². The molecule has 1 aromatic heterocycles. The fourth-order valence-corrected chi connectivity index (χ4v) is 2.45. The van der Waals surface area contributed by atoms with E-state index in [0.29, 0.717) is 4.88 Å². The largest absolute Gasteiger partial charge is 0.275 e. The van der Waals surface area contributed by atoms with Gasteiger partial charge in [0.15, 0.2) is 0 Å². The predicted molar refractivity (Wildman–Crippen MR) is 51.9 cm³/mol. The summed E-state index contributed by atoms with van der Waals surface area (Å²) in [4.78, 5) is 12.7. The number of carbonyl (C=O) groups is 1. The highest BCUT2D eigenvalue weighted by Gasteiger charge is 2.12. The second-order valence-electron chi connectivity index (χ2n) is 2.71. The zero-order chi connectivity index (χ0) is 8.55. The maximum Gasteiger partial charge on any atom is 0.262 e. The number of halogens is 1. The lowest BCUT2D eigenvalue weighted by atomic mass is 10.1. The Balaban J connectivity index is 2.46. The van der Waals surface area contributed by atoms with Crippen LogP contribution < -0.4 is 0 Å². The summed E-state index contributed by atoms with van der Waals surface area (Å²) in [5, 5.41) is -0.345. The SMILES string of the molecule is O=C(Cl)c1cc2c(s1)C=CCC2. The number of carbonyl (C=O) groups excluding carboxylic acids is 1. The van der Waals surface area contributed by atoms with Crippen molar-refractivity contribution in [1.29, 1.82) is 0 Å². The van der Waals surface area contributed by atoms with Gasteiger partial charge in [0.1, 0.15) is 0 Å². The molecule has 0 saturated carbocycles. The molecule has 0 atom stereocenters. The lowest BCUT2D eigenvalue weighted by Crippen LogP contribution is -1.87. The highest BCUT2D eigenvalue weighted by atomic mass is 35.5. The van der Waals surface area contributed by atoms with Crippen LogP contribution in [0.3, 0.4) is 0 Å². The van der Waals surface area contributed by atoms with E-state index in [0.717, 1.165) is 12.8 Å². The second kappa shape index (κ2) is 3.04. The lowest BCUT2D eigenvalue weighted by molar-refractivity contribution is 0.108. The Bertz CT molecular complexity index is 351. The Morgan fingerprint density at radius 1 is 1.58 bits per heavy atom. The van der Waals surface area contributed by atoms with E-state index >= 15 is 0 Å². The minimum Gasteiger partial charge on any atom is -0.275 e. The van der Waals surface area contributed by atoms with Crippen LogP contribution in [0.2, 0.25) is 0 Å². The van der Waals surface area contributed by atoms with Gasteiger partial charge in [-0.3, -0.25) is 4.79 Å². The van der Waals surface area contributed by atoms with Gasteiger partial charge in [-0.1, -0.05) is 6.08 Å². The quantitative estimate of drug-likeness (QED) is 0.634. The van der Waals surface area contributed by atoms with Gasteiger partial charge in [-0.2, -0.15) is 0 Å². The first-order chi connectivity index (χ1) is 5.77. The molecular formula is C9H7ClOS. The molecule has 0 aromatic carbocycles. The van der Waals surface area contributed by atoms with Crippen molar-refractivity contribution in [3.8, 4) is 0 Å². The average Bonchev–Trinajstić information content (AvgIpc) is 2.46. The molecule has 0 fully saturated rings. The molecule has 0 spiro atoms. The summed E-state index contributed by atoms with van der Waals surface area (Å²) >= 11 is 6.85.